The first-order valence-electron chi connectivity index (χ1n) is 9.75. The van der Waals surface area contributed by atoms with Gasteiger partial charge in [0.2, 0.25) is 5.91 Å². The minimum atomic E-state index is 0.0316. The summed E-state index contributed by atoms with van der Waals surface area (Å²) in [5.41, 5.74) is 0.739. The van der Waals surface area contributed by atoms with E-state index in [-0.39, 0.29) is 5.91 Å². The highest BCUT2D eigenvalue weighted by Crippen LogP contribution is 2.37. The Kier molecular flexibility index (Phi) is 7.02. The maximum atomic E-state index is 12.6. The zero-order chi connectivity index (χ0) is 19.2. The molecule has 1 saturated carbocycles. The maximum absolute atomic E-state index is 12.6. The number of rotatable bonds is 5. The summed E-state index contributed by atoms with van der Waals surface area (Å²) in [6.07, 6.45) is 10.0. The Morgan fingerprint density at radius 2 is 1.78 bits per heavy atom. The summed E-state index contributed by atoms with van der Waals surface area (Å²) in [6, 6.07) is 4.34. The normalized spacial score (nSPS) is 19.4. The van der Waals surface area contributed by atoms with Crippen LogP contribution in [0, 0.1) is 0 Å². The Morgan fingerprint density at radius 1 is 1.07 bits per heavy atom. The molecule has 1 aromatic rings. The average molecular weight is 393 g/mol. The number of piperazine rings is 1. The van der Waals surface area contributed by atoms with Crippen LogP contribution in [0.15, 0.2) is 18.2 Å². The summed E-state index contributed by atoms with van der Waals surface area (Å²) < 4.78 is 10.5. The van der Waals surface area contributed by atoms with Gasteiger partial charge in [-0.25, -0.2) is 0 Å². The maximum Gasteiger partial charge on any atom is 0.246 e. The molecule has 0 radical (unpaired) electrons. The highest BCUT2D eigenvalue weighted by Gasteiger charge is 2.26. The Labute approximate surface area is 166 Å². The van der Waals surface area contributed by atoms with Gasteiger partial charge in [-0.2, -0.15) is 0 Å². The van der Waals surface area contributed by atoms with E-state index in [1.165, 1.54) is 32.1 Å². The SMILES string of the molecule is COc1ccc(C=CC(=O)N2CCN(C3CCCCC3)CC2)c(Cl)c1OC. The summed E-state index contributed by atoms with van der Waals surface area (Å²) in [7, 11) is 3.12. The van der Waals surface area contributed by atoms with Gasteiger partial charge in [-0.05, 0) is 36.6 Å². The minimum absolute atomic E-state index is 0.0316. The summed E-state index contributed by atoms with van der Waals surface area (Å²) in [6.45, 7) is 3.53. The zero-order valence-electron chi connectivity index (χ0n) is 16.2. The second-order valence-corrected chi connectivity index (χ2v) is 7.57. The zero-order valence-corrected chi connectivity index (χ0v) is 17.0. The predicted molar refractivity (Wildman–Crippen MR) is 109 cm³/mol. The van der Waals surface area contributed by atoms with Crippen molar-refractivity contribution in [3.05, 3.63) is 28.8 Å². The molecule has 0 bridgehead atoms. The van der Waals surface area contributed by atoms with Crippen LogP contribution in [0.1, 0.15) is 37.7 Å². The fourth-order valence-electron chi connectivity index (χ4n) is 4.05. The number of ether oxygens (including phenoxy) is 2. The van der Waals surface area contributed by atoms with Gasteiger partial charge in [0.05, 0.1) is 19.2 Å². The highest BCUT2D eigenvalue weighted by atomic mass is 35.5. The topological polar surface area (TPSA) is 42.0 Å². The Morgan fingerprint density at radius 3 is 2.41 bits per heavy atom. The van der Waals surface area contributed by atoms with Gasteiger partial charge in [0.15, 0.2) is 11.5 Å². The third-order valence-corrected chi connectivity index (χ3v) is 6.03. The first-order valence-corrected chi connectivity index (χ1v) is 10.1. The van der Waals surface area contributed by atoms with E-state index < -0.39 is 0 Å². The van der Waals surface area contributed by atoms with Crippen LogP contribution in [0.4, 0.5) is 0 Å². The van der Waals surface area contributed by atoms with Crippen LogP contribution in [0.2, 0.25) is 5.02 Å². The molecule has 1 amide bonds. The third-order valence-electron chi connectivity index (χ3n) is 5.64. The molecule has 6 heteroatoms. The predicted octanol–water partition coefficient (Wildman–Crippen LogP) is 3.85. The van der Waals surface area contributed by atoms with Gasteiger partial charge in [-0.1, -0.05) is 30.9 Å². The lowest BCUT2D eigenvalue weighted by molar-refractivity contribution is -0.128. The first-order chi connectivity index (χ1) is 13.1. The van der Waals surface area contributed by atoms with Crippen molar-refractivity contribution in [2.75, 3.05) is 40.4 Å². The van der Waals surface area contributed by atoms with E-state index in [4.69, 9.17) is 21.1 Å². The number of hydrogen-bond donors (Lipinski definition) is 0. The number of hydrogen-bond acceptors (Lipinski definition) is 4. The molecule has 0 unspecified atom stereocenters. The number of methoxy groups -OCH3 is 2. The number of benzene rings is 1. The standard InChI is InChI=1S/C21H29ClN2O3/c1-26-18-10-8-16(20(22)21(18)27-2)9-11-19(25)24-14-12-23(13-15-24)17-6-4-3-5-7-17/h8-11,17H,3-7,12-15H2,1-2H3. The lowest BCUT2D eigenvalue weighted by atomic mass is 9.94. The summed E-state index contributed by atoms with van der Waals surface area (Å²) in [4.78, 5) is 17.1. The molecule has 3 rings (SSSR count). The van der Waals surface area contributed by atoms with E-state index in [2.05, 4.69) is 4.90 Å². The second-order valence-electron chi connectivity index (χ2n) is 7.19. The number of carbonyl (C=O) groups is 1. The van der Waals surface area contributed by atoms with Crippen molar-refractivity contribution in [1.29, 1.82) is 0 Å². The number of carbonyl (C=O) groups excluding carboxylic acids is 1. The molecule has 1 saturated heterocycles. The van der Waals surface area contributed by atoms with Crippen molar-refractivity contribution < 1.29 is 14.3 Å². The number of amides is 1. The molecule has 2 fully saturated rings. The van der Waals surface area contributed by atoms with E-state index in [0.29, 0.717) is 16.5 Å². The average Bonchev–Trinajstić information content (AvgIpc) is 2.73. The quantitative estimate of drug-likeness (QED) is 0.714. The van der Waals surface area contributed by atoms with E-state index in [9.17, 15) is 4.79 Å². The van der Waals surface area contributed by atoms with Gasteiger partial charge in [-0.3, -0.25) is 9.69 Å². The Hall–Kier alpha value is -1.72. The number of halogens is 1. The lowest BCUT2D eigenvalue weighted by Gasteiger charge is -2.40. The first kappa shape index (κ1) is 20.0. The molecule has 0 spiro atoms. The summed E-state index contributed by atoms with van der Waals surface area (Å²) in [5, 5.41) is 0.447. The monoisotopic (exact) mass is 392 g/mol. The molecule has 0 aromatic heterocycles. The highest BCUT2D eigenvalue weighted by molar-refractivity contribution is 6.33. The van der Waals surface area contributed by atoms with Gasteiger partial charge >= 0.3 is 0 Å². The molecular weight excluding hydrogens is 364 g/mol. The van der Waals surface area contributed by atoms with Crippen molar-refractivity contribution in [3.8, 4) is 11.5 Å². The molecule has 0 N–H and O–H groups in total. The van der Waals surface area contributed by atoms with Gasteiger partial charge in [0, 0.05) is 38.3 Å². The second kappa shape index (κ2) is 9.47. The molecule has 1 aliphatic heterocycles. The number of nitrogens with zero attached hydrogens (tertiary/aromatic N) is 2. The summed E-state index contributed by atoms with van der Waals surface area (Å²) >= 11 is 6.38. The van der Waals surface area contributed by atoms with E-state index in [0.717, 1.165) is 37.8 Å². The Balaban J connectivity index is 1.58. The van der Waals surface area contributed by atoms with E-state index >= 15 is 0 Å². The fourth-order valence-corrected chi connectivity index (χ4v) is 4.35. The van der Waals surface area contributed by atoms with Crippen molar-refractivity contribution in [2.24, 2.45) is 0 Å². The van der Waals surface area contributed by atoms with Crippen molar-refractivity contribution in [2.45, 2.75) is 38.1 Å². The van der Waals surface area contributed by atoms with Crippen LogP contribution >= 0.6 is 11.6 Å². The smallest absolute Gasteiger partial charge is 0.246 e. The van der Waals surface area contributed by atoms with Gasteiger partial charge < -0.3 is 14.4 Å². The minimum Gasteiger partial charge on any atom is -0.493 e. The fraction of sp³-hybridized carbons (Fsp3) is 0.571. The summed E-state index contributed by atoms with van der Waals surface area (Å²) in [5.74, 6) is 1.09. The molecule has 2 aliphatic rings. The van der Waals surface area contributed by atoms with Crippen LogP contribution in [0.3, 0.4) is 0 Å². The van der Waals surface area contributed by atoms with Crippen molar-refractivity contribution in [3.63, 3.8) is 0 Å². The van der Waals surface area contributed by atoms with Crippen LogP contribution in [0.5, 0.6) is 11.5 Å². The molecule has 27 heavy (non-hydrogen) atoms. The molecule has 5 nitrogen and oxygen atoms in total. The van der Waals surface area contributed by atoms with Gasteiger partial charge in [0.1, 0.15) is 0 Å². The van der Waals surface area contributed by atoms with Crippen LogP contribution in [-0.4, -0.2) is 62.1 Å². The van der Waals surface area contributed by atoms with Gasteiger partial charge in [0.25, 0.3) is 0 Å². The molecule has 1 heterocycles. The third kappa shape index (κ3) is 4.77. The van der Waals surface area contributed by atoms with Crippen molar-refractivity contribution >= 4 is 23.6 Å². The molecule has 148 valence electrons. The van der Waals surface area contributed by atoms with Crippen LogP contribution < -0.4 is 9.47 Å². The molecule has 1 aromatic carbocycles. The van der Waals surface area contributed by atoms with Crippen LogP contribution in [0.25, 0.3) is 6.08 Å². The Bertz CT molecular complexity index is 678. The lowest BCUT2D eigenvalue weighted by Crippen LogP contribution is -2.52. The molecular formula is C21H29ClN2O3. The molecule has 0 atom stereocenters. The van der Waals surface area contributed by atoms with Crippen molar-refractivity contribution in [1.82, 2.24) is 9.80 Å². The molecule has 1 aliphatic carbocycles. The largest absolute Gasteiger partial charge is 0.493 e. The van der Waals surface area contributed by atoms with E-state index in [1.54, 1.807) is 32.4 Å². The van der Waals surface area contributed by atoms with Crippen LogP contribution in [-0.2, 0) is 4.79 Å². The van der Waals surface area contributed by atoms with Gasteiger partial charge in [-0.15, -0.1) is 0 Å². The van der Waals surface area contributed by atoms with E-state index in [1.807, 2.05) is 11.0 Å².